The summed E-state index contributed by atoms with van der Waals surface area (Å²) in [7, 11) is -1.81. The molecule has 1 heterocycles. The molecule has 1 aliphatic rings. The maximum absolute atomic E-state index is 6.49. The van der Waals surface area contributed by atoms with Crippen molar-refractivity contribution < 1.29 is 0 Å². The lowest BCUT2D eigenvalue weighted by Gasteiger charge is -2.30. The largest absolute Gasteiger partial charge is 0.119 e. The van der Waals surface area contributed by atoms with Gasteiger partial charge in [0.15, 0.2) is 0 Å². The minimum Gasteiger partial charge on any atom is -0.0843 e. The molecule has 3 heteroatoms. The summed E-state index contributed by atoms with van der Waals surface area (Å²) in [5.41, 5.74) is 2.84. The molecule has 0 aromatic heterocycles. The summed E-state index contributed by atoms with van der Waals surface area (Å²) in [5.74, 6) is 0. The van der Waals surface area contributed by atoms with Crippen LogP contribution in [0.15, 0.2) is 36.4 Å². The van der Waals surface area contributed by atoms with E-state index in [0.717, 1.165) is 10.0 Å². The van der Waals surface area contributed by atoms with E-state index in [1.54, 1.807) is 10.4 Å². The first kappa shape index (κ1) is 21.0. The van der Waals surface area contributed by atoms with Gasteiger partial charge in [0.05, 0.1) is 0 Å². The average molecular weight is 420 g/mol. The van der Waals surface area contributed by atoms with Crippen molar-refractivity contribution in [2.24, 2.45) is 0 Å². The average Bonchev–Trinajstić information content (AvgIpc) is 2.92. The zero-order valence-corrected chi connectivity index (χ0v) is 19.3. The summed E-state index contributed by atoms with van der Waals surface area (Å²) < 4.78 is 0. The second-order valence-electron chi connectivity index (χ2n) is 8.08. The first-order chi connectivity index (χ1) is 13.1. The maximum Gasteiger partial charge on any atom is 0.119 e. The van der Waals surface area contributed by atoms with Gasteiger partial charge < -0.3 is 0 Å². The van der Waals surface area contributed by atoms with Crippen LogP contribution in [0.25, 0.3) is 11.1 Å². The molecule has 0 aliphatic carbocycles. The van der Waals surface area contributed by atoms with Crippen LogP contribution < -0.4 is 10.4 Å². The van der Waals surface area contributed by atoms with Crippen LogP contribution in [0.5, 0.6) is 0 Å². The molecule has 0 bridgehead atoms. The van der Waals surface area contributed by atoms with Crippen LogP contribution in [0.1, 0.15) is 65.2 Å². The molecule has 3 rings (SSSR count). The number of hydrogen-bond donors (Lipinski definition) is 0. The molecule has 0 amide bonds. The van der Waals surface area contributed by atoms with Crippen LogP contribution in [-0.4, -0.2) is 8.07 Å². The molecule has 27 heavy (non-hydrogen) atoms. The molecule has 0 saturated heterocycles. The highest BCUT2D eigenvalue weighted by atomic mass is 35.5. The molecule has 0 saturated carbocycles. The first-order valence-electron chi connectivity index (χ1n) is 10.7. The molecular formula is C24H32Cl2Si. The van der Waals surface area contributed by atoms with Gasteiger partial charge in [-0.3, -0.25) is 0 Å². The summed E-state index contributed by atoms with van der Waals surface area (Å²) in [6.45, 7) is 4.58. The van der Waals surface area contributed by atoms with Gasteiger partial charge >= 0.3 is 0 Å². The Kier molecular flexibility index (Phi) is 7.47. The van der Waals surface area contributed by atoms with Crippen molar-refractivity contribution in [3.63, 3.8) is 0 Å². The fraction of sp³-hybridized carbons (Fsp3) is 0.500. The topological polar surface area (TPSA) is 0 Å². The van der Waals surface area contributed by atoms with Gasteiger partial charge in [0.25, 0.3) is 0 Å². The fourth-order valence-electron chi connectivity index (χ4n) is 4.81. The Bertz CT molecular complexity index is 703. The summed E-state index contributed by atoms with van der Waals surface area (Å²) in [6.07, 6.45) is 10.6. The Morgan fingerprint density at radius 3 is 1.48 bits per heavy atom. The quantitative estimate of drug-likeness (QED) is 0.273. The molecule has 1 aliphatic heterocycles. The minimum atomic E-state index is -1.81. The molecule has 0 unspecified atom stereocenters. The molecule has 146 valence electrons. The normalized spacial score (nSPS) is 14.2. The Morgan fingerprint density at radius 1 is 0.630 bits per heavy atom. The number of benzene rings is 2. The van der Waals surface area contributed by atoms with Crippen molar-refractivity contribution in [1.82, 2.24) is 0 Å². The molecule has 0 atom stereocenters. The summed E-state index contributed by atoms with van der Waals surface area (Å²) >= 11 is 13.0. The van der Waals surface area contributed by atoms with E-state index in [1.165, 1.54) is 74.6 Å². The van der Waals surface area contributed by atoms with Crippen molar-refractivity contribution in [3.8, 4) is 11.1 Å². The van der Waals surface area contributed by atoms with Gasteiger partial charge in [0.1, 0.15) is 8.07 Å². The number of halogens is 2. The van der Waals surface area contributed by atoms with Crippen LogP contribution in [0, 0.1) is 0 Å². The van der Waals surface area contributed by atoms with Gasteiger partial charge in [-0.05, 0) is 57.9 Å². The van der Waals surface area contributed by atoms with E-state index in [9.17, 15) is 0 Å². The monoisotopic (exact) mass is 418 g/mol. The van der Waals surface area contributed by atoms with Gasteiger partial charge in [-0.1, -0.05) is 101 Å². The third-order valence-electron chi connectivity index (χ3n) is 6.20. The summed E-state index contributed by atoms with van der Waals surface area (Å²) in [4.78, 5) is 0. The van der Waals surface area contributed by atoms with E-state index < -0.39 is 8.07 Å². The lowest BCUT2D eigenvalue weighted by Crippen LogP contribution is -2.55. The van der Waals surface area contributed by atoms with E-state index in [4.69, 9.17) is 23.2 Å². The van der Waals surface area contributed by atoms with E-state index in [0.29, 0.717) is 0 Å². The predicted octanol–water partition coefficient (Wildman–Crippen LogP) is 7.70. The summed E-state index contributed by atoms with van der Waals surface area (Å²) in [6, 6.07) is 15.8. The number of unbranched alkanes of at least 4 members (excludes halogenated alkanes) is 6. The van der Waals surface area contributed by atoms with Gasteiger partial charge in [-0.15, -0.1) is 0 Å². The second-order valence-corrected chi connectivity index (χ2v) is 13.2. The van der Waals surface area contributed by atoms with Crippen LogP contribution in [0.2, 0.25) is 22.1 Å². The molecule has 0 radical (unpaired) electrons. The van der Waals surface area contributed by atoms with E-state index >= 15 is 0 Å². The van der Waals surface area contributed by atoms with Crippen LogP contribution >= 0.6 is 23.2 Å². The number of hydrogen-bond acceptors (Lipinski definition) is 0. The fourth-order valence-corrected chi connectivity index (χ4v) is 11.0. The van der Waals surface area contributed by atoms with Crippen molar-refractivity contribution in [3.05, 3.63) is 46.4 Å². The Morgan fingerprint density at radius 2 is 1.07 bits per heavy atom. The molecule has 2 aromatic rings. The maximum atomic E-state index is 6.49. The van der Waals surface area contributed by atoms with Crippen molar-refractivity contribution in [1.29, 1.82) is 0 Å². The van der Waals surface area contributed by atoms with Gasteiger partial charge in [0.2, 0.25) is 0 Å². The SMILES string of the molecule is CCCCCC[Si]1(CCCCCC)c2cc(Cl)ccc2-c2ccc(Cl)cc21. The molecule has 2 aromatic carbocycles. The van der Waals surface area contributed by atoms with Gasteiger partial charge in [-0.25, -0.2) is 0 Å². The van der Waals surface area contributed by atoms with Gasteiger partial charge in [-0.2, -0.15) is 0 Å². The third-order valence-corrected chi connectivity index (χ3v) is 12.0. The molecule has 0 fully saturated rings. The van der Waals surface area contributed by atoms with Crippen LogP contribution in [0.4, 0.5) is 0 Å². The zero-order valence-electron chi connectivity index (χ0n) is 16.8. The molecular weight excluding hydrogens is 387 g/mol. The van der Waals surface area contributed by atoms with Gasteiger partial charge in [0, 0.05) is 10.0 Å². The second kappa shape index (κ2) is 9.63. The third kappa shape index (κ3) is 4.47. The van der Waals surface area contributed by atoms with Crippen molar-refractivity contribution >= 4 is 41.6 Å². The van der Waals surface area contributed by atoms with Crippen molar-refractivity contribution in [2.75, 3.05) is 0 Å². The standard InChI is InChI=1S/C24H32Cl2Si/c1-3-5-7-9-15-27(16-10-8-6-4-2)23-17-19(25)11-13-21(23)22-14-12-20(26)18-24(22)27/h11-14,17-18H,3-10,15-16H2,1-2H3. The molecule has 0 nitrogen and oxygen atoms in total. The lowest BCUT2D eigenvalue weighted by atomic mass is 10.1. The van der Waals surface area contributed by atoms with Crippen LogP contribution in [0.3, 0.4) is 0 Å². The lowest BCUT2D eigenvalue weighted by molar-refractivity contribution is 0.684. The molecule has 0 N–H and O–H groups in total. The predicted molar refractivity (Wildman–Crippen MR) is 125 cm³/mol. The van der Waals surface area contributed by atoms with Crippen molar-refractivity contribution in [2.45, 2.75) is 77.3 Å². The smallest absolute Gasteiger partial charge is 0.0843 e. The summed E-state index contributed by atoms with van der Waals surface area (Å²) in [5, 5.41) is 4.90. The Hall–Kier alpha value is -0.763. The zero-order chi connectivity index (χ0) is 19.3. The first-order valence-corrected chi connectivity index (χ1v) is 13.9. The molecule has 0 spiro atoms. The highest BCUT2D eigenvalue weighted by Gasteiger charge is 2.44. The highest BCUT2D eigenvalue weighted by molar-refractivity contribution is 7.05. The Labute approximate surface area is 176 Å². The minimum absolute atomic E-state index is 0.881. The number of fused-ring (bicyclic) bond motifs is 3. The van der Waals surface area contributed by atoms with E-state index in [-0.39, 0.29) is 0 Å². The van der Waals surface area contributed by atoms with Crippen LogP contribution in [-0.2, 0) is 0 Å². The number of rotatable bonds is 10. The van der Waals surface area contributed by atoms with E-state index in [2.05, 4.69) is 50.2 Å². The highest BCUT2D eigenvalue weighted by Crippen LogP contribution is 2.37. The van der Waals surface area contributed by atoms with E-state index in [1.807, 2.05) is 0 Å². The Balaban J connectivity index is 2.03.